The average Bonchev–Trinajstić information content (AvgIpc) is 2.67. The monoisotopic (exact) mass is 371 g/mol. The second-order valence-electron chi connectivity index (χ2n) is 6.65. The number of hydrogen-bond donors (Lipinski definition) is 1. The van der Waals surface area contributed by atoms with Gasteiger partial charge in [0.1, 0.15) is 0 Å². The van der Waals surface area contributed by atoms with Gasteiger partial charge in [0, 0.05) is 35.2 Å². The normalized spacial score (nSPS) is 17.2. The van der Waals surface area contributed by atoms with E-state index in [0.717, 1.165) is 17.5 Å². The number of benzene rings is 2. The Morgan fingerprint density at radius 2 is 2.00 bits per heavy atom. The highest BCUT2D eigenvalue weighted by Gasteiger charge is 2.30. The van der Waals surface area contributed by atoms with Gasteiger partial charge in [0.15, 0.2) is 5.78 Å². The Labute approximate surface area is 158 Å². The van der Waals surface area contributed by atoms with Crippen LogP contribution in [0, 0.1) is 5.92 Å². The van der Waals surface area contributed by atoms with E-state index in [9.17, 15) is 14.7 Å². The van der Waals surface area contributed by atoms with Crippen LogP contribution in [0.4, 0.5) is 4.79 Å². The third-order valence-electron chi connectivity index (χ3n) is 4.97. The van der Waals surface area contributed by atoms with Crippen molar-refractivity contribution in [2.45, 2.75) is 26.2 Å². The molecule has 0 spiro atoms. The van der Waals surface area contributed by atoms with Gasteiger partial charge >= 0.3 is 6.09 Å². The lowest BCUT2D eigenvalue weighted by Gasteiger charge is -2.30. The largest absolute Gasteiger partial charge is 0.465 e. The van der Waals surface area contributed by atoms with Crippen LogP contribution in [0.2, 0.25) is 5.02 Å². The number of Topliss-reactive ketones (excluding diaryl/α,β-unsaturated/α-hetero) is 1. The molecular formula is C21H22ClNO3. The fourth-order valence-corrected chi connectivity index (χ4v) is 3.84. The minimum absolute atomic E-state index is 0.0321. The molecule has 4 nitrogen and oxygen atoms in total. The second-order valence-corrected chi connectivity index (χ2v) is 7.06. The van der Waals surface area contributed by atoms with E-state index in [-0.39, 0.29) is 18.2 Å². The maximum atomic E-state index is 13.2. The molecule has 3 rings (SSSR count). The van der Waals surface area contributed by atoms with E-state index in [1.807, 2.05) is 18.2 Å². The van der Waals surface area contributed by atoms with Crippen LogP contribution in [0.15, 0.2) is 42.5 Å². The Hall–Kier alpha value is -2.33. The van der Waals surface area contributed by atoms with Gasteiger partial charge in [0.2, 0.25) is 0 Å². The topological polar surface area (TPSA) is 57.6 Å². The zero-order valence-electron chi connectivity index (χ0n) is 14.7. The maximum absolute atomic E-state index is 13.2. The SMILES string of the molecule is CCc1cccc(-c2c(Cl)cccc2C(=O)[C@@H]2CCCN(C(=O)O)C2)c1. The highest BCUT2D eigenvalue weighted by atomic mass is 35.5. The van der Waals surface area contributed by atoms with Crippen LogP contribution in [0.25, 0.3) is 11.1 Å². The minimum Gasteiger partial charge on any atom is -0.465 e. The van der Waals surface area contributed by atoms with Gasteiger partial charge in [-0.2, -0.15) is 0 Å². The van der Waals surface area contributed by atoms with E-state index in [2.05, 4.69) is 13.0 Å². The first kappa shape index (κ1) is 18.5. The molecule has 0 unspecified atom stereocenters. The molecule has 2 aromatic carbocycles. The summed E-state index contributed by atoms with van der Waals surface area (Å²) in [4.78, 5) is 25.8. The number of likely N-dealkylation sites (tertiary alicyclic amines) is 1. The van der Waals surface area contributed by atoms with Crippen LogP contribution in [-0.2, 0) is 6.42 Å². The third kappa shape index (κ3) is 3.75. The molecule has 1 amide bonds. The molecule has 1 N–H and O–H groups in total. The van der Waals surface area contributed by atoms with E-state index >= 15 is 0 Å². The van der Waals surface area contributed by atoms with Gasteiger partial charge in [0.05, 0.1) is 0 Å². The van der Waals surface area contributed by atoms with E-state index < -0.39 is 6.09 Å². The lowest BCUT2D eigenvalue weighted by molar-refractivity contribution is 0.0807. The van der Waals surface area contributed by atoms with Gasteiger partial charge in [-0.1, -0.05) is 54.9 Å². The van der Waals surface area contributed by atoms with Crippen LogP contribution in [-0.4, -0.2) is 35.0 Å². The summed E-state index contributed by atoms with van der Waals surface area (Å²) in [5.74, 6) is -0.359. The first-order valence-electron chi connectivity index (χ1n) is 8.91. The Kier molecular flexibility index (Phi) is 5.62. The van der Waals surface area contributed by atoms with E-state index in [4.69, 9.17) is 11.6 Å². The van der Waals surface area contributed by atoms with Crippen LogP contribution in [0.1, 0.15) is 35.7 Å². The summed E-state index contributed by atoms with van der Waals surface area (Å²) < 4.78 is 0. The lowest BCUT2D eigenvalue weighted by atomic mass is 9.86. The molecule has 1 heterocycles. The Morgan fingerprint density at radius 1 is 1.23 bits per heavy atom. The van der Waals surface area contributed by atoms with Crippen molar-refractivity contribution in [3.8, 4) is 11.1 Å². The number of rotatable bonds is 4. The van der Waals surface area contributed by atoms with Crippen LogP contribution < -0.4 is 0 Å². The molecule has 1 aliphatic heterocycles. The van der Waals surface area contributed by atoms with Crippen molar-refractivity contribution in [1.82, 2.24) is 4.90 Å². The first-order valence-corrected chi connectivity index (χ1v) is 9.29. The van der Waals surface area contributed by atoms with Crippen LogP contribution >= 0.6 is 11.6 Å². The van der Waals surface area contributed by atoms with E-state index in [1.165, 1.54) is 10.5 Å². The lowest BCUT2D eigenvalue weighted by Crippen LogP contribution is -2.41. The number of carboxylic acid groups (broad SMARTS) is 1. The number of piperidine rings is 1. The van der Waals surface area contributed by atoms with Gasteiger partial charge < -0.3 is 10.0 Å². The molecule has 1 aliphatic rings. The fraction of sp³-hybridized carbons (Fsp3) is 0.333. The third-order valence-corrected chi connectivity index (χ3v) is 5.28. The van der Waals surface area contributed by atoms with Crippen LogP contribution in [0.3, 0.4) is 0 Å². The molecular weight excluding hydrogens is 350 g/mol. The van der Waals surface area contributed by atoms with E-state index in [0.29, 0.717) is 30.0 Å². The van der Waals surface area contributed by atoms with Crippen molar-refractivity contribution in [2.24, 2.45) is 5.92 Å². The molecule has 0 bridgehead atoms. The molecule has 0 radical (unpaired) electrons. The predicted octanol–water partition coefficient (Wildman–Crippen LogP) is 5.14. The molecule has 26 heavy (non-hydrogen) atoms. The van der Waals surface area contributed by atoms with Crippen molar-refractivity contribution < 1.29 is 14.7 Å². The summed E-state index contributed by atoms with van der Waals surface area (Å²) in [6.45, 7) is 2.81. The standard InChI is InChI=1S/C21H22ClNO3/c1-2-14-6-3-7-15(12-14)19-17(9-4-10-18(19)22)20(24)16-8-5-11-23(13-16)21(25)26/h3-4,6-7,9-10,12,16H,2,5,8,11,13H2,1H3,(H,25,26)/t16-/m1/s1. The zero-order chi connectivity index (χ0) is 18.7. The Balaban J connectivity index is 1.99. The Bertz CT molecular complexity index is 834. The highest BCUT2D eigenvalue weighted by Crippen LogP contribution is 2.34. The number of aryl methyl sites for hydroxylation is 1. The molecule has 1 fully saturated rings. The van der Waals surface area contributed by atoms with Gasteiger partial charge in [0.25, 0.3) is 0 Å². The van der Waals surface area contributed by atoms with Crippen molar-refractivity contribution in [1.29, 1.82) is 0 Å². The number of nitrogens with zero attached hydrogens (tertiary/aromatic N) is 1. The van der Waals surface area contributed by atoms with Gasteiger partial charge in [-0.15, -0.1) is 0 Å². The van der Waals surface area contributed by atoms with Crippen molar-refractivity contribution in [3.05, 3.63) is 58.6 Å². The quantitative estimate of drug-likeness (QED) is 0.757. The second kappa shape index (κ2) is 7.92. The highest BCUT2D eigenvalue weighted by molar-refractivity contribution is 6.34. The van der Waals surface area contributed by atoms with Gasteiger partial charge in [-0.05, 0) is 36.5 Å². The number of ketones is 1. The summed E-state index contributed by atoms with van der Waals surface area (Å²) in [6.07, 6.45) is 1.33. The number of halogens is 1. The predicted molar refractivity (Wildman–Crippen MR) is 103 cm³/mol. The summed E-state index contributed by atoms with van der Waals surface area (Å²) in [6, 6.07) is 13.4. The molecule has 1 atom stereocenters. The first-order chi connectivity index (χ1) is 12.5. The summed E-state index contributed by atoms with van der Waals surface area (Å²) in [5.41, 5.74) is 3.41. The van der Waals surface area contributed by atoms with Crippen molar-refractivity contribution in [2.75, 3.05) is 13.1 Å². The molecule has 2 aromatic rings. The summed E-state index contributed by atoms with van der Waals surface area (Å²) in [7, 11) is 0. The zero-order valence-corrected chi connectivity index (χ0v) is 15.5. The smallest absolute Gasteiger partial charge is 0.407 e. The molecule has 136 valence electrons. The minimum atomic E-state index is -0.968. The molecule has 5 heteroatoms. The Morgan fingerprint density at radius 3 is 2.73 bits per heavy atom. The average molecular weight is 372 g/mol. The molecule has 0 aromatic heterocycles. The summed E-state index contributed by atoms with van der Waals surface area (Å²) >= 11 is 6.46. The molecule has 0 aliphatic carbocycles. The number of carbonyl (C=O) groups is 2. The van der Waals surface area contributed by atoms with Gasteiger partial charge in [-0.25, -0.2) is 4.79 Å². The van der Waals surface area contributed by atoms with E-state index in [1.54, 1.807) is 18.2 Å². The van der Waals surface area contributed by atoms with Crippen molar-refractivity contribution >= 4 is 23.5 Å². The van der Waals surface area contributed by atoms with Crippen LogP contribution in [0.5, 0.6) is 0 Å². The fourth-order valence-electron chi connectivity index (χ4n) is 3.55. The summed E-state index contributed by atoms with van der Waals surface area (Å²) in [5, 5.41) is 9.77. The molecule has 0 saturated carbocycles. The van der Waals surface area contributed by atoms with Crippen molar-refractivity contribution in [3.63, 3.8) is 0 Å². The maximum Gasteiger partial charge on any atom is 0.407 e. The number of carbonyl (C=O) groups excluding carboxylic acids is 1. The molecule has 1 saturated heterocycles. The van der Waals surface area contributed by atoms with Gasteiger partial charge in [-0.3, -0.25) is 4.79 Å². The number of hydrogen-bond acceptors (Lipinski definition) is 2. The number of amides is 1.